The average Bonchev–Trinajstić information content (AvgIpc) is 2.44. The van der Waals surface area contributed by atoms with Crippen LogP contribution in [0, 0.1) is 0 Å². The van der Waals surface area contributed by atoms with E-state index in [-0.39, 0.29) is 13.0 Å². The van der Waals surface area contributed by atoms with Crippen molar-refractivity contribution in [2.45, 2.75) is 32.0 Å². The molecule has 6 heteroatoms. The maximum Gasteiger partial charge on any atom is 0.338 e. The van der Waals surface area contributed by atoms with Crippen LogP contribution >= 0.6 is 0 Å². The Hall–Kier alpha value is -1.92. The van der Waals surface area contributed by atoms with Crippen LogP contribution in [0.25, 0.3) is 0 Å². The van der Waals surface area contributed by atoms with Gasteiger partial charge in [0.25, 0.3) is 0 Å². The Morgan fingerprint density at radius 3 is 2.60 bits per heavy atom. The van der Waals surface area contributed by atoms with Crippen LogP contribution in [-0.2, 0) is 20.7 Å². The first-order valence-corrected chi connectivity index (χ1v) is 6.29. The molecule has 0 aliphatic heterocycles. The highest BCUT2D eigenvalue weighted by Gasteiger charge is 2.26. The van der Waals surface area contributed by atoms with E-state index < -0.39 is 24.1 Å². The second-order valence-corrected chi connectivity index (χ2v) is 4.28. The van der Waals surface area contributed by atoms with E-state index in [9.17, 15) is 19.8 Å². The summed E-state index contributed by atoms with van der Waals surface area (Å²) < 4.78 is 4.63. The van der Waals surface area contributed by atoms with Gasteiger partial charge in [0.1, 0.15) is 6.10 Å². The molecule has 0 saturated heterocycles. The summed E-state index contributed by atoms with van der Waals surface area (Å²) in [4.78, 5) is 21.9. The quantitative estimate of drug-likeness (QED) is 0.635. The van der Waals surface area contributed by atoms with Gasteiger partial charge in [-0.1, -0.05) is 24.3 Å². The van der Waals surface area contributed by atoms with Gasteiger partial charge in [-0.3, -0.25) is 4.79 Å². The smallest absolute Gasteiger partial charge is 0.338 e. The van der Waals surface area contributed by atoms with E-state index in [1.54, 1.807) is 31.2 Å². The van der Waals surface area contributed by atoms with Crippen LogP contribution in [0.4, 0.5) is 0 Å². The van der Waals surface area contributed by atoms with Gasteiger partial charge >= 0.3 is 11.9 Å². The summed E-state index contributed by atoms with van der Waals surface area (Å²) in [6, 6.07) is 6.47. The lowest BCUT2D eigenvalue weighted by Crippen LogP contribution is -2.29. The summed E-state index contributed by atoms with van der Waals surface area (Å²) in [5, 5.41) is 28.2. The van der Waals surface area contributed by atoms with Crippen molar-refractivity contribution in [1.29, 1.82) is 0 Å². The number of esters is 1. The summed E-state index contributed by atoms with van der Waals surface area (Å²) in [6.07, 6.45) is -2.78. The van der Waals surface area contributed by atoms with Gasteiger partial charge < -0.3 is 20.1 Å². The lowest BCUT2D eigenvalue weighted by Gasteiger charge is -2.17. The topological polar surface area (TPSA) is 104 Å². The number of hydrogen-bond donors (Lipinski definition) is 3. The summed E-state index contributed by atoms with van der Waals surface area (Å²) >= 11 is 0. The van der Waals surface area contributed by atoms with Gasteiger partial charge in [0.2, 0.25) is 0 Å². The number of carbonyl (C=O) groups excluding carboxylic acids is 1. The number of hydrogen-bond acceptors (Lipinski definition) is 5. The third-order valence-electron chi connectivity index (χ3n) is 2.75. The number of aliphatic hydroxyl groups is 2. The minimum Gasteiger partial charge on any atom is -0.481 e. The lowest BCUT2D eigenvalue weighted by molar-refractivity contribution is -0.159. The Morgan fingerprint density at radius 1 is 1.30 bits per heavy atom. The maximum absolute atomic E-state index is 11.3. The van der Waals surface area contributed by atoms with E-state index in [0.717, 1.165) is 0 Å². The van der Waals surface area contributed by atoms with Crippen LogP contribution in [0.1, 0.15) is 30.6 Å². The predicted molar refractivity (Wildman–Crippen MR) is 70.0 cm³/mol. The minimum atomic E-state index is -1.66. The fraction of sp³-hybridized carbons (Fsp3) is 0.429. The second-order valence-electron chi connectivity index (χ2n) is 4.28. The highest BCUT2D eigenvalue weighted by Crippen LogP contribution is 2.19. The zero-order chi connectivity index (χ0) is 15.1. The molecule has 1 aromatic rings. The summed E-state index contributed by atoms with van der Waals surface area (Å²) in [6.45, 7) is 1.71. The Labute approximate surface area is 116 Å². The van der Waals surface area contributed by atoms with Crippen molar-refractivity contribution < 1.29 is 29.6 Å². The maximum atomic E-state index is 11.3. The van der Waals surface area contributed by atoms with E-state index >= 15 is 0 Å². The molecular weight excluding hydrogens is 264 g/mol. The SMILES string of the molecule is CCOC(=O)C(O)C(O)c1cccc(CCC(=O)O)c1. The number of benzene rings is 1. The lowest BCUT2D eigenvalue weighted by atomic mass is 10.00. The third kappa shape index (κ3) is 4.64. The molecule has 0 radical (unpaired) electrons. The average molecular weight is 282 g/mol. The first-order chi connectivity index (χ1) is 9.45. The van der Waals surface area contributed by atoms with Crippen LogP contribution in [0.15, 0.2) is 24.3 Å². The molecule has 0 heterocycles. The third-order valence-corrected chi connectivity index (χ3v) is 2.75. The van der Waals surface area contributed by atoms with Crippen LogP contribution < -0.4 is 0 Å². The summed E-state index contributed by atoms with van der Waals surface area (Å²) in [7, 11) is 0. The van der Waals surface area contributed by atoms with Crippen molar-refractivity contribution in [2.75, 3.05) is 6.61 Å². The van der Waals surface area contributed by atoms with Gasteiger partial charge in [-0.25, -0.2) is 4.79 Å². The van der Waals surface area contributed by atoms with E-state index in [1.165, 1.54) is 0 Å². The van der Waals surface area contributed by atoms with E-state index in [0.29, 0.717) is 17.5 Å². The number of aryl methyl sites for hydroxylation is 1. The first kappa shape index (κ1) is 16.1. The molecule has 0 fully saturated rings. The molecule has 0 saturated carbocycles. The summed E-state index contributed by atoms with van der Waals surface area (Å²) in [5.74, 6) is -1.81. The van der Waals surface area contributed by atoms with Crippen molar-refractivity contribution >= 4 is 11.9 Å². The molecule has 0 spiro atoms. The number of aliphatic hydroxyl groups excluding tert-OH is 2. The van der Waals surface area contributed by atoms with Crippen LogP contribution in [0.3, 0.4) is 0 Å². The molecule has 0 bridgehead atoms. The number of carboxylic acid groups (broad SMARTS) is 1. The normalized spacial score (nSPS) is 13.6. The highest BCUT2D eigenvalue weighted by molar-refractivity contribution is 5.75. The van der Waals surface area contributed by atoms with Gasteiger partial charge in [0, 0.05) is 6.42 Å². The highest BCUT2D eigenvalue weighted by atomic mass is 16.5. The monoisotopic (exact) mass is 282 g/mol. The molecule has 2 unspecified atom stereocenters. The van der Waals surface area contributed by atoms with Crippen molar-refractivity contribution in [3.8, 4) is 0 Å². The molecular formula is C14H18O6. The van der Waals surface area contributed by atoms with Gasteiger partial charge in [-0.05, 0) is 24.5 Å². The van der Waals surface area contributed by atoms with Crippen LogP contribution in [0.2, 0.25) is 0 Å². The van der Waals surface area contributed by atoms with Gasteiger partial charge in [0.15, 0.2) is 6.10 Å². The Kier molecular flexibility index (Phi) is 6.14. The first-order valence-electron chi connectivity index (χ1n) is 6.29. The van der Waals surface area contributed by atoms with E-state index in [4.69, 9.17) is 5.11 Å². The fourth-order valence-corrected chi connectivity index (χ4v) is 1.72. The molecule has 110 valence electrons. The minimum absolute atomic E-state index is 0.0278. The van der Waals surface area contributed by atoms with Crippen molar-refractivity contribution in [2.24, 2.45) is 0 Å². The zero-order valence-corrected chi connectivity index (χ0v) is 11.2. The predicted octanol–water partition coefficient (Wildman–Crippen LogP) is 0.661. The Balaban J connectivity index is 2.77. The standard InChI is InChI=1S/C14H18O6/c1-2-20-14(19)13(18)12(17)10-5-3-4-9(8-10)6-7-11(15)16/h3-5,8,12-13,17-18H,2,6-7H2,1H3,(H,15,16). The molecule has 1 rings (SSSR count). The van der Waals surface area contributed by atoms with Crippen molar-refractivity contribution in [1.82, 2.24) is 0 Å². The van der Waals surface area contributed by atoms with Crippen molar-refractivity contribution in [3.63, 3.8) is 0 Å². The summed E-state index contributed by atoms with van der Waals surface area (Å²) in [5.41, 5.74) is 1.05. The number of rotatable bonds is 7. The Bertz CT molecular complexity index is 470. The number of ether oxygens (including phenoxy) is 1. The number of carboxylic acids is 1. The molecule has 20 heavy (non-hydrogen) atoms. The van der Waals surface area contributed by atoms with E-state index in [2.05, 4.69) is 4.74 Å². The number of aliphatic carboxylic acids is 1. The number of carbonyl (C=O) groups is 2. The Morgan fingerprint density at radius 2 is 2.00 bits per heavy atom. The molecule has 0 aliphatic carbocycles. The molecule has 6 nitrogen and oxygen atoms in total. The largest absolute Gasteiger partial charge is 0.481 e. The molecule has 0 aliphatic rings. The molecule has 0 amide bonds. The van der Waals surface area contributed by atoms with Crippen LogP contribution in [-0.4, -0.2) is 40.0 Å². The van der Waals surface area contributed by atoms with Gasteiger partial charge in [0.05, 0.1) is 6.61 Å². The van der Waals surface area contributed by atoms with E-state index in [1.807, 2.05) is 0 Å². The molecule has 0 aromatic heterocycles. The van der Waals surface area contributed by atoms with Gasteiger partial charge in [-0.15, -0.1) is 0 Å². The molecule has 1 aromatic carbocycles. The van der Waals surface area contributed by atoms with Gasteiger partial charge in [-0.2, -0.15) is 0 Å². The fourth-order valence-electron chi connectivity index (χ4n) is 1.72. The van der Waals surface area contributed by atoms with Crippen molar-refractivity contribution in [3.05, 3.63) is 35.4 Å². The second kappa shape index (κ2) is 7.62. The van der Waals surface area contributed by atoms with Crippen LogP contribution in [0.5, 0.6) is 0 Å². The zero-order valence-electron chi connectivity index (χ0n) is 11.2. The molecule has 2 atom stereocenters. The molecule has 3 N–H and O–H groups in total.